The molecule has 5 aliphatic rings. The standard InChI is InChI=1S/C46H54N8O5/c47-43(56)38-5-1-3-34-29-53(49-42(34)38)35-8-6-32(7-9-35)33-4-2-20-51(28-33)24-17-30-14-21-50(22-15-30)23-16-31-18-25-52(26-19-31)36-10-11-37-39(27-36)46(59)54(45(37)58)40-12-13-41(55)48-44(40)57/h1,3,5-11,27,29-31,33,40H,2,4,12-26,28H2,(H2,47,56)(H,48,55,57). The van der Waals surface area contributed by atoms with Gasteiger partial charge in [0.1, 0.15) is 11.6 Å². The Morgan fingerprint density at radius 1 is 0.746 bits per heavy atom. The highest BCUT2D eigenvalue weighted by Crippen LogP contribution is 2.34. The van der Waals surface area contributed by atoms with E-state index in [0.29, 0.717) is 34.0 Å². The van der Waals surface area contributed by atoms with Crippen molar-refractivity contribution in [2.75, 3.05) is 57.3 Å². The van der Waals surface area contributed by atoms with Gasteiger partial charge in [0, 0.05) is 43.3 Å². The van der Waals surface area contributed by atoms with Gasteiger partial charge in [-0.05, 0) is 150 Å². The fourth-order valence-electron chi connectivity index (χ4n) is 10.2. The average molecular weight is 799 g/mol. The third kappa shape index (κ3) is 8.14. The number of piperidine rings is 4. The van der Waals surface area contributed by atoms with E-state index in [2.05, 4.69) is 49.4 Å². The van der Waals surface area contributed by atoms with Gasteiger partial charge >= 0.3 is 0 Å². The second-order valence-electron chi connectivity index (χ2n) is 17.4. The lowest BCUT2D eigenvalue weighted by Gasteiger charge is -2.37. The molecule has 13 nitrogen and oxygen atoms in total. The molecule has 5 amide bonds. The van der Waals surface area contributed by atoms with Gasteiger partial charge in [-0.2, -0.15) is 5.10 Å². The smallest absolute Gasteiger partial charge is 0.262 e. The third-order valence-electron chi connectivity index (χ3n) is 13.8. The quantitative estimate of drug-likeness (QED) is 0.197. The van der Waals surface area contributed by atoms with Crippen LogP contribution in [0.1, 0.15) is 107 Å². The average Bonchev–Trinajstić information content (AvgIpc) is 3.81. The summed E-state index contributed by atoms with van der Waals surface area (Å²) in [6.45, 7) is 8.82. The lowest BCUT2D eigenvalue weighted by Crippen LogP contribution is -2.54. The number of likely N-dealkylation sites (tertiary alicyclic amines) is 2. The molecule has 0 spiro atoms. The molecule has 0 radical (unpaired) electrons. The van der Waals surface area contributed by atoms with E-state index in [1.807, 2.05) is 35.1 Å². The molecule has 0 saturated carbocycles. The first-order chi connectivity index (χ1) is 28.7. The number of hydrogen-bond acceptors (Lipinski definition) is 9. The van der Waals surface area contributed by atoms with Crippen molar-refractivity contribution in [2.24, 2.45) is 17.6 Å². The Labute approximate surface area is 344 Å². The Morgan fingerprint density at radius 2 is 1.44 bits per heavy atom. The van der Waals surface area contributed by atoms with Crippen molar-refractivity contribution in [3.8, 4) is 5.69 Å². The summed E-state index contributed by atoms with van der Waals surface area (Å²) in [6, 6.07) is 18.8. The van der Waals surface area contributed by atoms with Crippen LogP contribution in [0.15, 0.2) is 66.9 Å². The van der Waals surface area contributed by atoms with Crippen molar-refractivity contribution in [1.29, 1.82) is 0 Å². The van der Waals surface area contributed by atoms with Gasteiger partial charge < -0.3 is 20.4 Å². The Kier molecular flexibility index (Phi) is 11.1. The van der Waals surface area contributed by atoms with Gasteiger partial charge in [0.15, 0.2) is 0 Å². The Balaban J connectivity index is 0.689. The predicted octanol–water partition coefficient (Wildman–Crippen LogP) is 5.11. The monoisotopic (exact) mass is 798 g/mol. The minimum absolute atomic E-state index is 0.110. The molecule has 6 heterocycles. The first-order valence-corrected chi connectivity index (χ1v) is 21.6. The molecule has 4 saturated heterocycles. The van der Waals surface area contributed by atoms with Crippen LogP contribution < -0.4 is 16.0 Å². The molecule has 2 atom stereocenters. The number of nitrogens with two attached hydrogens (primary N) is 1. The molecule has 9 rings (SSSR count). The highest BCUT2D eigenvalue weighted by molar-refractivity contribution is 6.23. The molecular formula is C46H54N8O5. The second kappa shape index (κ2) is 16.7. The number of carbonyl (C=O) groups excluding carboxylic acids is 5. The number of nitrogens with one attached hydrogen (secondary N) is 1. The van der Waals surface area contributed by atoms with Crippen molar-refractivity contribution in [3.05, 3.63) is 89.1 Å². The van der Waals surface area contributed by atoms with Gasteiger partial charge in [-0.25, -0.2) is 4.68 Å². The van der Waals surface area contributed by atoms with Gasteiger partial charge in [0.25, 0.3) is 17.7 Å². The molecule has 2 unspecified atom stereocenters. The van der Waals surface area contributed by atoms with E-state index in [1.54, 1.807) is 12.1 Å². The topological polar surface area (TPSA) is 154 Å². The summed E-state index contributed by atoms with van der Waals surface area (Å²) < 4.78 is 1.83. The highest BCUT2D eigenvalue weighted by atomic mass is 16.2. The molecule has 308 valence electrons. The van der Waals surface area contributed by atoms with Crippen LogP contribution >= 0.6 is 0 Å². The number of carbonyl (C=O) groups is 5. The summed E-state index contributed by atoms with van der Waals surface area (Å²) in [6.07, 6.45) is 11.9. The fraction of sp³-hybridized carbons (Fsp3) is 0.478. The highest BCUT2D eigenvalue weighted by Gasteiger charge is 2.45. The van der Waals surface area contributed by atoms with E-state index in [9.17, 15) is 24.0 Å². The summed E-state index contributed by atoms with van der Waals surface area (Å²) >= 11 is 0. The van der Waals surface area contributed by atoms with Gasteiger partial charge in [-0.3, -0.25) is 34.2 Å². The summed E-state index contributed by atoms with van der Waals surface area (Å²) in [5, 5.41) is 7.83. The first kappa shape index (κ1) is 39.1. The van der Waals surface area contributed by atoms with Crippen LogP contribution in [0.3, 0.4) is 0 Å². The molecule has 1 aromatic heterocycles. The molecule has 0 bridgehead atoms. The molecular weight excluding hydrogens is 745 g/mol. The Morgan fingerprint density at radius 3 is 2.17 bits per heavy atom. The number of nitrogens with zero attached hydrogens (tertiary/aromatic N) is 6. The first-order valence-electron chi connectivity index (χ1n) is 21.6. The molecule has 4 aromatic rings. The molecule has 13 heteroatoms. The van der Waals surface area contributed by atoms with Crippen molar-refractivity contribution < 1.29 is 24.0 Å². The van der Waals surface area contributed by atoms with Crippen molar-refractivity contribution >= 4 is 46.1 Å². The van der Waals surface area contributed by atoms with Crippen LogP contribution in [0, 0.1) is 11.8 Å². The number of hydrogen-bond donors (Lipinski definition) is 2. The zero-order valence-electron chi connectivity index (χ0n) is 33.7. The van der Waals surface area contributed by atoms with Gasteiger partial charge in [0.2, 0.25) is 11.8 Å². The van der Waals surface area contributed by atoms with E-state index < -0.39 is 29.7 Å². The van der Waals surface area contributed by atoms with Crippen molar-refractivity contribution in [1.82, 2.24) is 29.8 Å². The SMILES string of the molecule is NC(=O)c1cccc2cn(-c3ccc(C4CCCN(CCC5CCN(CCC6CCN(c7ccc8c(c7)C(=O)N(C7CCC(=O)NC7=O)C8=O)CC6)CC5)C4)cc3)nc12. The summed E-state index contributed by atoms with van der Waals surface area (Å²) in [7, 11) is 0. The maximum atomic E-state index is 13.3. The Hall–Kier alpha value is -5.40. The predicted molar refractivity (Wildman–Crippen MR) is 224 cm³/mol. The number of imide groups is 2. The maximum absolute atomic E-state index is 13.3. The molecule has 3 aromatic carbocycles. The normalized spacial score (nSPS) is 22.6. The van der Waals surface area contributed by atoms with Gasteiger partial charge in [-0.1, -0.05) is 24.3 Å². The number of rotatable bonds is 11. The van der Waals surface area contributed by atoms with Crippen LogP contribution in [0.25, 0.3) is 16.6 Å². The third-order valence-corrected chi connectivity index (χ3v) is 13.8. The van der Waals surface area contributed by atoms with Crippen LogP contribution in [0.4, 0.5) is 5.69 Å². The number of primary amides is 1. The maximum Gasteiger partial charge on any atom is 0.262 e. The summed E-state index contributed by atoms with van der Waals surface area (Å²) in [5.41, 5.74) is 10.6. The number of anilines is 1. The van der Waals surface area contributed by atoms with Crippen LogP contribution in [-0.4, -0.2) is 112 Å². The Bertz CT molecular complexity index is 2250. The van der Waals surface area contributed by atoms with E-state index in [0.717, 1.165) is 66.6 Å². The van der Waals surface area contributed by atoms with Gasteiger partial charge in [-0.15, -0.1) is 0 Å². The summed E-state index contributed by atoms with van der Waals surface area (Å²) in [4.78, 5) is 71.1. The molecule has 59 heavy (non-hydrogen) atoms. The minimum Gasteiger partial charge on any atom is -0.371 e. The van der Waals surface area contributed by atoms with E-state index in [1.165, 1.54) is 70.3 Å². The molecule has 3 N–H and O–H groups in total. The van der Waals surface area contributed by atoms with E-state index >= 15 is 0 Å². The van der Waals surface area contributed by atoms with Crippen molar-refractivity contribution in [2.45, 2.75) is 76.2 Å². The number of aromatic nitrogens is 2. The zero-order chi connectivity index (χ0) is 40.6. The number of fused-ring (bicyclic) bond motifs is 2. The molecule has 0 aliphatic carbocycles. The van der Waals surface area contributed by atoms with Crippen LogP contribution in [0.5, 0.6) is 0 Å². The fourth-order valence-corrected chi connectivity index (χ4v) is 10.2. The van der Waals surface area contributed by atoms with E-state index in [-0.39, 0.29) is 18.7 Å². The van der Waals surface area contributed by atoms with Crippen molar-refractivity contribution in [3.63, 3.8) is 0 Å². The van der Waals surface area contributed by atoms with E-state index in [4.69, 9.17) is 5.73 Å². The number of benzene rings is 3. The van der Waals surface area contributed by atoms with Gasteiger partial charge in [0.05, 0.1) is 22.4 Å². The minimum atomic E-state index is -0.949. The lowest BCUT2D eigenvalue weighted by molar-refractivity contribution is -0.136. The summed E-state index contributed by atoms with van der Waals surface area (Å²) in [5.74, 6) is -0.346. The largest absolute Gasteiger partial charge is 0.371 e. The number of amides is 5. The van der Waals surface area contributed by atoms with Crippen LogP contribution in [-0.2, 0) is 9.59 Å². The molecule has 4 fully saturated rings. The van der Waals surface area contributed by atoms with Crippen LogP contribution in [0.2, 0.25) is 0 Å². The zero-order valence-corrected chi connectivity index (χ0v) is 33.7. The lowest BCUT2D eigenvalue weighted by atomic mass is 9.89. The second-order valence-corrected chi connectivity index (χ2v) is 17.4. The molecule has 5 aliphatic heterocycles.